The van der Waals surface area contributed by atoms with Gasteiger partial charge in [0, 0.05) is 28.8 Å². The molecule has 0 saturated carbocycles. The number of nitrogens with one attached hydrogen (secondary N) is 1. The SMILES string of the molecule is Cc1cc(CC(=O)N2CCc3c(Cl)cc(Cl)cc3C2)n[nH]1. The molecule has 1 aliphatic rings. The Morgan fingerprint density at radius 3 is 2.90 bits per heavy atom. The number of hydrogen-bond donors (Lipinski definition) is 1. The van der Waals surface area contributed by atoms with Crippen LogP contribution in [0.1, 0.15) is 22.5 Å². The Bertz CT molecular complexity index is 696. The first-order valence-electron chi connectivity index (χ1n) is 6.78. The van der Waals surface area contributed by atoms with Crippen molar-refractivity contribution in [3.05, 3.63) is 50.8 Å². The summed E-state index contributed by atoms with van der Waals surface area (Å²) in [5.41, 5.74) is 3.86. The third kappa shape index (κ3) is 3.06. The minimum Gasteiger partial charge on any atom is -0.338 e. The highest BCUT2D eigenvalue weighted by atomic mass is 35.5. The van der Waals surface area contributed by atoms with E-state index in [0.29, 0.717) is 29.6 Å². The molecule has 1 amide bonds. The molecule has 1 aromatic carbocycles. The lowest BCUT2D eigenvalue weighted by Gasteiger charge is -2.29. The molecule has 1 aromatic heterocycles. The molecule has 0 unspecified atom stereocenters. The molecule has 4 nitrogen and oxygen atoms in total. The Morgan fingerprint density at radius 2 is 2.19 bits per heavy atom. The van der Waals surface area contributed by atoms with Crippen molar-refractivity contribution >= 4 is 29.1 Å². The number of amides is 1. The van der Waals surface area contributed by atoms with Gasteiger partial charge in [0.1, 0.15) is 0 Å². The topological polar surface area (TPSA) is 49.0 Å². The molecule has 21 heavy (non-hydrogen) atoms. The number of carbonyl (C=O) groups is 1. The summed E-state index contributed by atoms with van der Waals surface area (Å²) in [7, 11) is 0. The molecular weight excluding hydrogens is 309 g/mol. The van der Waals surface area contributed by atoms with Crippen LogP contribution in [0.15, 0.2) is 18.2 Å². The van der Waals surface area contributed by atoms with Crippen molar-refractivity contribution in [3.63, 3.8) is 0 Å². The fraction of sp³-hybridized carbons (Fsp3) is 0.333. The molecule has 110 valence electrons. The average molecular weight is 324 g/mol. The predicted molar refractivity (Wildman–Crippen MR) is 82.6 cm³/mol. The van der Waals surface area contributed by atoms with Crippen molar-refractivity contribution in [2.75, 3.05) is 6.54 Å². The highest BCUT2D eigenvalue weighted by Crippen LogP contribution is 2.30. The van der Waals surface area contributed by atoms with E-state index in [0.717, 1.165) is 28.9 Å². The van der Waals surface area contributed by atoms with E-state index in [1.54, 1.807) is 6.07 Å². The Hall–Kier alpha value is -1.52. The largest absolute Gasteiger partial charge is 0.338 e. The lowest BCUT2D eigenvalue weighted by Crippen LogP contribution is -2.37. The molecule has 0 saturated heterocycles. The summed E-state index contributed by atoms with van der Waals surface area (Å²) in [6.07, 6.45) is 1.07. The molecule has 1 aliphatic heterocycles. The van der Waals surface area contributed by atoms with Gasteiger partial charge in [-0.15, -0.1) is 0 Å². The first-order valence-corrected chi connectivity index (χ1v) is 7.54. The van der Waals surface area contributed by atoms with E-state index < -0.39 is 0 Å². The van der Waals surface area contributed by atoms with Gasteiger partial charge in [-0.2, -0.15) is 5.10 Å². The van der Waals surface area contributed by atoms with E-state index in [1.165, 1.54) is 0 Å². The number of H-pyrrole nitrogens is 1. The smallest absolute Gasteiger partial charge is 0.228 e. The molecule has 1 N–H and O–H groups in total. The van der Waals surface area contributed by atoms with Crippen molar-refractivity contribution in [1.82, 2.24) is 15.1 Å². The van der Waals surface area contributed by atoms with Crippen molar-refractivity contribution in [1.29, 1.82) is 0 Å². The zero-order valence-corrected chi connectivity index (χ0v) is 13.1. The Labute approximate surface area is 133 Å². The van der Waals surface area contributed by atoms with E-state index in [2.05, 4.69) is 10.2 Å². The fourth-order valence-electron chi connectivity index (χ4n) is 2.65. The highest BCUT2D eigenvalue weighted by Gasteiger charge is 2.23. The van der Waals surface area contributed by atoms with Crippen molar-refractivity contribution in [2.45, 2.75) is 26.3 Å². The summed E-state index contributed by atoms with van der Waals surface area (Å²) in [4.78, 5) is 14.2. The van der Waals surface area contributed by atoms with Gasteiger partial charge >= 0.3 is 0 Å². The Kier molecular flexibility index (Phi) is 3.91. The molecule has 6 heteroatoms. The number of rotatable bonds is 2. The maximum absolute atomic E-state index is 12.4. The number of carbonyl (C=O) groups excluding carboxylic acids is 1. The van der Waals surface area contributed by atoms with Gasteiger partial charge in [-0.1, -0.05) is 23.2 Å². The summed E-state index contributed by atoms with van der Waals surface area (Å²) in [6, 6.07) is 5.54. The quantitative estimate of drug-likeness (QED) is 0.922. The number of fused-ring (bicyclic) bond motifs is 1. The predicted octanol–water partition coefficient (Wildman–Crippen LogP) is 3.15. The van der Waals surface area contributed by atoms with E-state index in [-0.39, 0.29) is 5.91 Å². The van der Waals surface area contributed by atoms with Gasteiger partial charge in [0.2, 0.25) is 5.91 Å². The Balaban J connectivity index is 1.75. The molecule has 0 aliphatic carbocycles. The van der Waals surface area contributed by atoms with Gasteiger partial charge < -0.3 is 4.90 Å². The Morgan fingerprint density at radius 1 is 1.38 bits per heavy atom. The monoisotopic (exact) mass is 323 g/mol. The summed E-state index contributed by atoms with van der Waals surface area (Å²) in [5.74, 6) is 0.0725. The lowest BCUT2D eigenvalue weighted by molar-refractivity contribution is -0.131. The second-order valence-electron chi connectivity index (χ2n) is 5.31. The lowest BCUT2D eigenvalue weighted by atomic mass is 9.99. The standard InChI is InChI=1S/C15H15Cl2N3O/c1-9-4-12(19-18-9)7-15(21)20-3-2-13-10(8-20)5-11(16)6-14(13)17/h4-6H,2-3,7-8H2,1H3,(H,18,19). The number of halogens is 2. The highest BCUT2D eigenvalue weighted by molar-refractivity contribution is 6.35. The van der Waals surface area contributed by atoms with Crippen molar-refractivity contribution in [2.24, 2.45) is 0 Å². The number of nitrogens with zero attached hydrogens (tertiary/aromatic N) is 2. The van der Waals surface area contributed by atoms with E-state index in [4.69, 9.17) is 23.2 Å². The van der Waals surface area contributed by atoms with Gasteiger partial charge in [0.25, 0.3) is 0 Å². The second-order valence-corrected chi connectivity index (χ2v) is 6.15. The van der Waals surface area contributed by atoms with Crippen LogP contribution in [0.2, 0.25) is 10.0 Å². The third-order valence-electron chi connectivity index (χ3n) is 3.69. The molecule has 2 aromatic rings. The molecule has 0 fully saturated rings. The molecule has 0 bridgehead atoms. The normalized spacial score (nSPS) is 14.1. The fourth-order valence-corrected chi connectivity index (χ4v) is 3.28. The van der Waals surface area contributed by atoms with Crippen LogP contribution in [-0.2, 0) is 24.2 Å². The van der Waals surface area contributed by atoms with E-state index in [1.807, 2.05) is 24.0 Å². The third-order valence-corrected chi connectivity index (χ3v) is 4.25. The van der Waals surface area contributed by atoms with Crippen LogP contribution in [0.4, 0.5) is 0 Å². The van der Waals surface area contributed by atoms with Crippen LogP contribution in [0.3, 0.4) is 0 Å². The second kappa shape index (κ2) is 5.70. The first kappa shape index (κ1) is 14.4. The van der Waals surface area contributed by atoms with Crippen LogP contribution in [0, 0.1) is 6.92 Å². The van der Waals surface area contributed by atoms with Gasteiger partial charge in [0.15, 0.2) is 0 Å². The molecule has 0 spiro atoms. The minimum absolute atomic E-state index is 0.0725. The zero-order valence-electron chi connectivity index (χ0n) is 11.6. The molecular formula is C15H15Cl2N3O. The molecule has 0 radical (unpaired) electrons. The van der Waals surface area contributed by atoms with E-state index in [9.17, 15) is 4.79 Å². The van der Waals surface area contributed by atoms with Crippen LogP contribution in [0.5, 0.6) is 0 Å². The van der Waals surface area contributed by atoms with Crippen LogP contribution in [0.25, 0.3) is 0 Å². The maximum atomic E-state index is 12.4. The number of benzene rings is 1. The van der Waals surface area contributed by atoms with E-state index >= 15 is 0 Å². The minimum atomic E-state index is 0.0725. The van der Waals surface area contributed by atoms with Gasteiger partial charge in [-0.05, 0) is 42.7 Å². The number of aromatic amines is 1. The molecule has 3 rings (SSSR count). The van der Waals surface area contributed by atoms with Crippen molar-refractivity contribution in [3.8, 4) is 0 Å². The van der Waals surface area contributed by atoms with Crippen LogP contribution < -0.4 is 0 Å². The number of aromatic nitrogens is 2. The number of aryl methyl sites for hydroxylation is 1. The molecule has 0 atom stereocenters. The average Bonchev–Trinajstić information content (AvgIpc) is 2.83. The van der Waals surface area contributed by atoms with Gasteiger partial charge in [-0.3, -0.25) is 9.89 Å². The first-order chi connectivity index (χ1) is 10.0. The van der Waals surface area contributed by atoms with Crippen molar-refractivity contribution < 1.29 is 4.79 Å². The maximum Gasteiger partial charge on any atom is 0.228 e. The summed E-state index contributed by atoms with van der Waals surface area (Å²) in [6.45, 7) is 3.15. The zero-order chi connectivity index (χ0) is 15.0. The number of hydrogen-bond acceptors (Lipinski definition) is 2. The van der Waals surface area contributed by atoms with Crippen LogP contribution in [-0.4, -0.2) is 27.5 Å². The van der Waals surface area contributed by atoms with Crippen LogP contribution >= 0.6 is 23.2 Å². The summed E-state index contributed by atoms with van der Waals surface area (Å²) >= 11 is 12.2. The van der Waals surface area contributed by atoms with Gasteiger partial charge in [0.05, 0.1) is 12.1 Å². The van der Waals surface area contributed by atoms with Gasteiger partial charge in [-0.25, -0.2) is 0 Å². The summed E-state index contributed by atoms with van der Waals surface area (Å²) in [5, 5.41) is 8.26. The summed E-state index contributed by atoms with van der Waals surface area (Å²) < 4.78 is 0. The molecule has 2 heterocycles.